The summed E-state index contributed by atoms with van der Waals surface area (Å²) in [5, 5.41) is 16.6. The molecule has 6 nitrogen and oxygen atoms in total. The number of nitrogens with zero attached hydrogens (tertiary/aromatic N) is 2. The summed E-state index contributed by atoms with van der Waals surface area (Å²) in [6.07, 6.45) is 3.27. The molecule has 6 heteroatoms. The van der Waals surface area contributed by atoms with Gasteiger partial charge in [-0.05, 0) is 26.2 Å². The molecule has 2 rings (SSSR count). The second-order valence-corrected chi connectivity index (χ2v) is 4.61. The van der Waals surface area contributed by atoms with E-state index in [0.29, 0.717) is 24.6 Å². The maximum Gasteiger partial charge on any atom is 0.303 e. The monoisotopic (exact) mass is 254 g/mol. The van der Waals surface area contributed by atoms with Crippen LogP contribution in [-0.2, 0) is 16.0 Å². The first-order valence-corrected chi connectivity index (χ1v) is 6.32. The normalized spacial score (nSPS) is 23.4. The van der Waals surface area contributed by atoms with Crippen molar-refractivity contribution < 1.29 is 19.1 Å². The number of hydrogen-bond donors (Lipinski definition) is 1. The minimum Gasteiger partial charge on any atom is -0.481 e. The van der Waals surface area contributed by atoms with Gasteiger partial charge in [0.15, 0.2) is 0 Å². The zero-order valence-corrected chi connectivity index (χ0v) is 10.5. The van der Waals surface area contributed by atoms with E-state index in [1.807, 2.05) is 6.92 Å². The molecule has 0 spiro atoms. The molecule has 1 N–H and O–H groups in total. The standard InChI is InChI=1S/C12H18N2O4/c1-8-9(6-7-17-8)12-14-13-10(18-12)4-2-3-5-11(15)16/h8-9H,2-7H2,1H3,(H,15,16). The molecule has 1 fully saturated rings. The molecule has 2 unspecified atom stereocenters. The van der Waals surface area contributed by atoms with Crippen LogP contribution >= 0.6 is 0 Å². The number of aliphatic carboxylic acids is 1. The summed E-state index contributed by atoms with van der Waals surface area (Å²) < 4.78 is 11.1. The van der Waals surface area contributed by atoms with Crippen LogP contribution in [0.15, 0.2) is 4.42 Å². The van der Waals surface area contributed by atoms with Crippen LogP contribution in [0.4, 0.5) is 0 Å². The number of unbranched alkanes of at least 4 members (excludes halogenated alkanes) is 1. The van der Waals surface area contributed by atoms with Crippen LogP contribution in [0.1, 0.15) is 50.3 Å². The molecule has 2 atom stereocenters. The van der Waals surface area contributed by atoms with Crippen molar-refractivity contribution in [3.8, 4) is 0 Å². The predicted octanol–water partition coefficient (Wildman–Crippen LogP) is 1.76. The quantitative estimate of drug-likeness (QED) is 0.778. The Morgan fingerprint density at radius 2 is 2.28 bits per heavy atom. The molecule has 0 saturated carbocycles. The zero-order chi connectivity index (χ0) is 13.0. The van der Waals surface area contributed by atoms with Crippen molar-refractivity contribution in [3.63, 3.8) is 0 Å². The van der Waals surface area contributed by atoms with E-state index in [2.05, 4.69) is 10.2 Å². The molecule has 1 aliphatic heterocycles. The Labute approximate surface area is 105 Å². The molecule has 2 heterocycles. The summed E-state index contributed by atoms with van der Waals surface area (Å²) in [5.74, 6) is 0.672. The highest BCUT2D eigenvalue weighted by atomic mass is 16.5. The SMILES string of the molecule is CC1OCCC1c1nnc(CCCCC(=O)O)o1. The average Bonchev–Trinajstić information content (AvgIpc) is 2.92. The Balaban J connectivity index is 1.81. The van der Waals surface area contributed by atoms with E-state index in [4.69, 9.17) is 14.3 Å². The van der Waals surface area contributed by atoms with Crippen LogP contribution in [0.2, 0.25) is 0 Å². The average molecular weight is 254 g/mol. The van der Waals surface area contributed by atoms with Gasteiger partial charge in [-0.1, -0.05) is 0 Å². The van der Waals surface area contributed by atoms with Gasteiger partial charge in [-0.2, -0.15) is 0 Å². The van der Waals surface area contributed by atoms with E-state index >= 15 is 0 Å². The first-order valence-electron chi connectivity index (χ1n) is 6.32. The summed E-state index contributed by atoms with van der Waals surface area (Å²) in [6.45, 7) is 2.75. The van der Waals surface area contributed by atoms with Gasteiger partial charge in [0.2, 0.25) is 11.8 Å². The lowest BCUT2D eigenvalue weighted by Gasteiger charge is -2.08. The number of hydrogen-bond acceptors (Lipinski definition) is 5. The van der Waals surface area contributed by atoms with E-state index in [1.54, 1.807) is 0 Å². The molecule has 0 bridgehead atoms. The molecule has 18 heavy (non-hydrogen) atoms. The number of aryl methyl sites for hydroxylation is 1. The van der Waals surface area contributed by atoms with Crippen molar-refractivity contribution in [3.05, 3.63) is 11.8 Å². The van der Waals surface area contributed by atoms with E-state index in [0.717, 1.165) is 19.4 Å². The van der Waals surface area contributed by atoms with Crippen molar-refractivity contribution in [2.45, 2.75) is 51.0 Å². The highest BCUT2D eigenvalue weighted by Crippen LogP contribution is 2.30. The summed E-state index contributed by atoms with van der Waals surface area (Å²) >= 11 is 0. The van der Waals surface area contributed by atoms with Gasteiger partial charge in [0.05, 0.1) is 12.0 Å². The summed E-state index contributed by atoms with van der Waals surface area (Å²) in [7, 11) is 0. The van der Waals surface area contributed by atoms with E-state index in [9.17, 15) is 4.79 Å². The van der Waals surface area contributed by atoms with Gasteiger partial charge in [0.1, 0.15) is 0 Å². The van der Waals surface area contributed by atoms with Crippen molar-refractivity contribution >= 4 is 5.97 Å². The summed E-state index contributed by atoms with van der Waals surface area (Å²) in [5.41, 5.74) is 0. The molecule has 0 aliphatic carbocycles. The first kappa shape index (κ1) is 13.0. The molecular formula is C12H18N2O4. The summed E-state index contributed by atoms with van der Waals surface area (Å²) in [4.78, 5) is 10.4. The Hall–Kier alpha value is -1.43. The van der Waals surface area contributed by atoms with E-state index < -0.39 is 5.97 Å². The predicted molar refractivity (Wildman–Crippen MR) is 62.3 cm³/mol. The fourth-order valence-corrected chi connectivity index (χ4v) is 2.13. The van der Waals surface area contributed by atoms with Gasteiger partial charge in [-0.15, -0.1) is 10.2 Å². The van der Waals surface area contributed by atoms with Crippen LogP contribution in [0.25, 0.3) is 0 Å². The third-order valence-corrected chi connectivity index (χ3v) is 3.21. The molecule has 0 amide bonds. The third kappa shape index (κ3) is 3.29. The first-order chi connectivity index (χ1) is 8.66. The maximum absolute atomic E-state index is 10.4. The molecular weight excluding hydrogens is 236 g/mol. The Morgan fingerprint density at radius 1 is 1.44 bits per heavy atom. The van der Waals surface area contributed by atoms with Gasteiger partial charge < -0.3 is 14.3 Å². The van der Waals surface area contributed by atoms with Crippen molar-refractivity contribution in [2.24, 2.45) is 0 Å². The Kier molecular flexibility index (Phi) is 4.30. The van der Waals surface area contributed by atoms with E-state index in [1.165, 1.54) is 0 Å². The number of rotatable bonds is 6. The fourth-order valence-electron chi connectivity index (χ4n) is 2.13. The topological polar surface area (TPSA) is 85.5 Å². The van der Waals surface area contributed by atoms with Crippen LogP contribution in [-0.4, -0.2) is 34.0 Å². The molecule has 0 aromatic carbocycles. The van der Waals surface area contributed by atoms with Crippen LogP contribution in [0.5, 0.6) is 0 Å². The fraction of sp³-hybridized carbons (Fsp3) is 0.750. The van der Waals surface area contributed by atoms with Gasteiger partial charge in [-0.25, -0.2) is 0 Å². The van der Waals surface area contributed by atoms with E-state index in [-0.39, 0.29) is 18.4 Å². The van der Waals surface area contributed by atoms with Crippen LogP contribution in [0.3, 0.4) is 0 Å². The lowest BCUT2D eigenvalue weighted by Crippen LogP contribution is -2.09. The molecule has 0 radical (unpaired) electrons. The lowest BCUT2D eigenvalue weighted by atomic mass is 10.0. The number of ether oxygens (including phenoxy) is 1. The van der Waals surface area contributed by atoms with Gasteiger partial charge >= 0.3 is 5.97 Å². The van der Waals surface area contributed by atoms with Crippen LogP contribution in [0, 0.1) is 0 Å². The van der Waals surface area contributed by atoms with Crippen molar-refractivity contribution in [2.75, 3.05) is 6.61 Å². The maximum atomic E-state index is 10.4. The highest BCUT2D eigenvalue weighted by molar-refractivity contribution is 5.66. The molecule has 1 saturated heterocycles. The molecule has 1 aromatic rings. The van der Waals surface area contributed by atoms with Crippen molar-refractivity contribution in [1.29, 1.82) is 0 Å². The minimum absolute atomic E-state index is 0.130. The number of aromatic nitrogens is 2. The number of carboxylic acid groups (broad SMARTS) is 1. The second-order valence-electron chi connectivity index (χ2n) is 4.61. The minimum atomic E-state index is -0.766. The highest BCUT2D eigenvalue weighted by Gasteiger charge is 2.30. The van der Waals surface area contributed by atoms with Gasteiger partial charge in [0.25, 0.3) is 0 Å². The summed E-state index contributed by atoms with van der Waals surface area (Å²) in [6, 6.07) is 0. The Morgan fingerprint density at radius 3 is 2.94 bits per heavy atom. The largest absolute Gasteiger partial charge is 0.481 e. The smallest absolute Gasteiger partial charge is 0.303 e. The molecule has 1 aromatic heterocycles. The molecule has 100 valence electrons. The van der Waals surface area contributed by atoms with Crippen molar-refractivity contribution in [1.82, 2.24) is 10.2 Å². The Bertz CT molecular complexity index is 405. The number of carbonyl (C=O) groups is 1. The van der Waals surface area contributed by atoms with Gasteiger partial charge in [0, 0.05) is 19.4 Å². The lowest BCUT2D eigenvalue weighted by molar-refractivity contribution is -0.137. The molecule has 1 aliphatic rings. The van der Waals surface area contributed by atoms with Crippen LogP contribution < -0.4 is 0 Å². The third-order valence-electron chi connectivity index (χ3n) is 3.21. The van der Waals surface area contributed by atoms with Gasteiger partial charge in [-0.3, -0.25) is 4.79 Å². The zero-order valence-electron chi connectivity index (χ0n) is 10.5. The number of carboxylic acids is 1. The second kappa shape index (κ2) is 5.95.